The highest BCUT2D eigenvalue weighted by atomic mass is 35.5. The van der Waals surface area contributed by atoms with Crippen LogP contribution in [-0.2, 0) is 6.42 Å². The highest BCUT2D eigenvalue weighted by Gasteiger charge is 2.18. The molecule has 0 spiro atoms. The van der Waals surface area contributed by atoms with Gasteiger partial charge in [-0.1, -0.05) is 35.0 Å². The van der Waals surface area contributed by atoms with Gasteiger partial charge in [0, 0.05) is 11.4 Å². The van der Waals surface area contributed by atoms with Crippen LogP contribution in [-0.4, -0.2) is 20.8 Å². The number of rotatable bonds is 4. The first kappa shape index (κ1) is 16.4. The summed E-state index contributed by atoms with van der Waals surface area (Å²) in [5.74, 6) is -0.0650. The molecule has 0 saturated carbocycles. The molecule has 3 aromatic rings. The average molecular weight is 340 g/mol. The first-order chi connectivity index (χ1) is 11.5. The van der Waals surface area contributed by atoms with Crippen LogP contribution >= 0.6 is 11.6 Å². The lowest BCUT2D eigenvalue weighted by atomic mass is 10.1. The highest BCUT2D eigenvalue weighted by Crippen LogP contribution is 2.18. The van der Waals surface area contributed by atoms with E-state index in [0.717, 1.165) is 16.9 Å². The molecule has 24 heavy (non-hydrogen) atoms. The van der Waals surface area contributed by atoms with Crippen molar-refractivity contribution in [3.63, 3.8) is 0 Å². The van der Waals surface area contributed by atoms with Crippen molar-refractivity contribution in [2.75, 3.05) is 0 Å². The van der Waals surface area contributed by atoms with Crippen molar-refractivity contribution in [3.8, 4) is 5.69 Å². The minimum absolute atomic E-state index is 0.0650. The van der Waals surface area contributed by atoms with Gasteiger partial charge in [0.15, 0.2) is 11.5 Å². The molecule has 1 aromatic heterocycles. The second-order valence-electron chi connectivity index (χ2n) is 5.93. The van der Waals surface area contributed by atoms with Gasteiger partial charge in [0.1, 0.15) is 0 Å². The molecule has 0 fully saturated rings. The summed E-state index contributed by atoms with van der Waals surface area (Å²) in [7, 11) is 0. The molecular formula is C19H18ClN3O. The number of ketones is 1. The van der Waals surface area contributed by atoms with Crippen molar-refractivity contribution in [3.05, 3.63) is 75.6 Å². The Morgan fingerprint density at radius 2 is 1.88 bits per heavy atom. The topological polar surface area (TPSA) is 47.8 Å². The van der Waals surface area contributed by atoms with E-state index in [9.17, 15) is 4.79 Å². The number of hydrogen-bond donors (Lipinski definition) is 0. The zero-order valence-electron chi connectivity index (χ0n) is 13.9. The lowest BCUT2D eigenvalue weighted by Gasteiger charge is -2.07. The van der Waals surface area contributed by atoms with E-state index < -0.39 is 0 Å². The van der Waals surface area contributed by atoms with Crippen molar-refractivity contribution >= 4 is 17.4 Å². The van der Waals surface area contributed by atoms with Crippen molar-refractivity contribution in [2.24, 2.45) is 0 Å². The van der Waals surface area contributed by atoms with Gasteiger partial charge in [0.05, 0.1) is 11.4 Å². The molecule has 0 aliphatic heterocycles. The normalized spacial score (nSPS) is 10.8. The predicted octanol–water partition coefficient (Wildman–Crippen LogP) is 4.27. The van der Waals surface area contributed by atoms with Gasteiger partial charge in [-0.2, -0.15) is 0 Å². The van der Waals surface area contributed by atoms with E-state index in [-0.39, 0.29) is 12.2 Å². The van der Waals surface area contributed by atoms with Crippen LogP contribution in [0.2, 0.25) is 5.02 Å². The van der Waals surface area contributed by atoms with Crippen molar-refractivity contribution in [1.82, 2.24) is 15.0 Å². The third-order valence-electron chi connectivity index (χ3n) is 4.15. The van der Waals surface area contributed by atoms with E-state index in [0.29, 0.717) is 10.7 Å². The molecule has 0 unspecified atom stereocenters. The Balaban J connectivity index is 1.89. The van der Waals surface area contributed by atoms with E-state index in [1.54, 1.807) is 16.8 Å². The van der Waals surface area contributed by atoms with Crippen LogP contribution < -0.4 is 0 Å². The highest BCUT2D eigenvalue weighted by molar-refractivity contribution is 6.30. The summed E-state index contributed by atoms with van der Waals surface area (Å²) in [6.07, 6.45) is 0.257. The summed E-state index contributed by atoms with van der Waals surface area (Å²) in [6, 6.07) is 13.4. The van der Waals surface area contributed by atoms with E-state index in [4.69, 9.17) is 11.6 Å². The molecule has 2 aromatic carbocycles. The minimum Gasteiger partial charge on any atom is -0.292 e. The predicted molar refractivity (Wildman–Crippen MR) is 95.1 cm³/mol. The van der Waals surface area contributed by atoms with Crippen LogP contribution in [0.1, 0.15) is 32.9 Å². The van der Waals surface area contributed by atoms with Gasteiger partial charge >= 0.3 is 0 Å². The standard InChI is InChI=1S/C19H18ClN3O/c1-12-7-8-17(9-13(12)2)23-14(3)19(21-22-23)18(24)11-15-5-4-6-16(20)10-15/h4-10H,11H2,1-3H3. The summed E-state index contributed by atoms with van der Waals surface area (Å²) in [5.41, 5.74) is 5.30. The average Bonchev–Trinajstić information content (AvgIpc) is 2.92. The van der Waals surface area contributed by atoms with E-state index in [1.165, 1.54) is 11.1 Å². The van der Waals surface area contributed by atoms with Crippen molar-refractivity contribution in [1.29, 1.82) is 0 Å². The van der Waals surface area contributed by atoms with Gasteiger partial charge in [0.25, 0.3) is 0 Å². The first-order valence-electron chi connectivity index (χ1n) is 7.73. The third kappa shape index (κ3) is 3.24. The largest absolute Gasteiger partial charge is 0.292 e. The third-order valence-corrected chi connectivity index (χ3v) is 4.38. The maximum absolute atomic E-state index is 12.6. The molecule has 0 N–H and O–H groups in total. The number of nitrogens with zero attached hydrogens (tertiary/aromatic N) is 3. The van der Waals surface area contributed by atoms with Crippen LogP contribution in [0.3, 0.4) is 0 Å². The second kappa shape index (κ2) is 6.57. The van der Waals surface area contributed by atoms with Crippen molar-refractivity contribution in [2.45, 2.75) is 27.2 Å². The Morgan fingerprint density at radius 1 is 1.08 bits per heavy atom. The summed E-state index contributed by atoms with van der Waals surface area (Å²) < 4.78 is 1.71. The zero-order valence-corrected chi connectivity index (χ0v) is 14.6. The van der Waals surface area contributed by atoms with Gasteiger partial charge in [-0.3, -0.25) is 4.79 Å². The first-order valence-corrected chi connectivity index (χ1v) is 8.11. The van der Waals surface area contributed by atoms with Crippen LogP contribution in [0.4, 0.5) is 0 Å². The second-order valence-corrected chi connectivity index (χ2v) is 6.37. The molecule has 0 bridgehead atoms. The number of carbonyl (C=O) groups excluding carboxylic acids is 1. The number of aromatic nitrogens is 3. The van der Waals surface area contributed by atoms with Gasteiger partial charge in [-0.05, 0) is 61.7 Å². The van der Waals surface area contributed by atoms with Crippen LogP contribution in [0.25, 0.3) is 5.69 Å². The van der Waals surface area contributed by atoms with E-state index in [2.05, 4.69) is 24.2 Å². The van der Waals surface area contributed by atoms with E-state index >= 15 is 0 Å². The van der Waals surface area contributed by atoms with Crippen LogP contribution in [0.15, 0.2) is 42.5 Å². The summed E-state index contributed by atoms with van der Waals surface area (Å²) in [4.78, 5) is 12.6. The SMILES string of the molecule is Cc1ccc(-n2nnc(C(=O)Cc3cccc(Cl)c3)c2C)cc1C. The number of hydrogen-bond acceptors (Lipinski definition) is 3. The Morgan fingerprint density at radius 3 is 2.58 bits per heavy atom. The lowest BCUT2D eigenvalue weighted by Crippen LogP contribution is -2.07. The maximum atomic E-state index is 12.6. The Kier molecular flexibility index (Phi) is 4.49. The van der Waals surface area contributed by atoms with Gasteiger partial charge in [0.2, 0.25) is 0 Å². The number of carbonyl (C=O) groups is 1. The molecule has 122 valence electrons. The number of halogens is 1. The monoisotopic (exact) mass is 339 g/mol. The van der Waals surface area contributed by atoms with E-state index in [1.807, 2.05) is 37.3 Å². The molecule has 0 radical (unpaired) electrons. The number of aryl methyl sites for hydroxylation is 2. The van der Waals surface area contributed by atoms with Gasteiger partial charge in [-0.25, -0.2) is 4.68 Å². The molecule has 0 aliphatic rings. The summed E-state index contributed by atoms with van der Waals surface area (Å²) in [5, 5.41) is 8.87. The van der Waals surface area contributed by atoms with Crippen molar-refractivity contribution < 1.29 is 4.79 Å². The Labute approximate surface area is 146 Å². The molecule has 5 heteroatoms. The molecule has 1 heterocycles. The fourth-order valence-electron chi connectivity index (χ4n) is 2.61. The molecule has 3 rings (SSSR count). The molecule has 0 saturated heterocycles. The fourth-order valence-corrected chi connectivity index (χ4v) is 2.82. The Hall–Kier alpha value is -2.46. The quantitative estimate of drug-likeness (QED) is 0.667. The lowest BCUT2D eigenvalue weighted by molar-refractivity contribution is 0.0987. The fraction of sp³-hybridized carbons (Fsp3) is 0.211. The molecule has 0 aliphatic carbocycles. The Bertz CT molecular complexity index is 915. The van der Waals surface area contributed by atoms with Crippen LogP contribution in [0, 0.1) is 20.8 Å². The smallest absolute Gasteiger partial charge is 0.189 e. The molecule has 4 nitrogen and oxygen atoms in total. The molecule has 0 atom stereocenters. The number of Topliss-reactive ketones (excluding diaryl/α,β-unsaturated/α-hetero) is 1. The van der Waals surface area contributed by atoms with Gasteiger partial charge in [-0.15, -0.1) is 5.10 Å². The molecule has 0 amide bonds. The van der Waals surface area contributed by atoms with Gasteiger partial charge < -0.3 is 0 Å². The minimum atomic E-state index is -0.0650. The maximum Gasteiger partial charge on any atom is 0.189 e. The summed E-state index contributed by atoms with van der Waals surface area (Å²) in [6.45, 7) is 5.98. The van der Waals surface area contributed by atoms with Crippen LogP contribution in [0.5, 0.6) is 0 Å². The number of benzene rings is 2. The summed E-state index contributed by atoms with van der Waals surface area (Å²) >= 11 is 5.97. The zero-order chi connectivity index (χ0) is 17.3. The molecular weight excluding hydrogens is 322 g/mol.